The Bertz CT molecular complexity index is 2670. The number of benzene rings is 2. The van der Waals surface area contributed by atoms with Gasteiger partial charge in [-0.3, -0.25) is 28.3 Å². The Balaban J connectivity index is 1.23. The van der Waals surface area contributed by atoms with E-state index in [2.05, 4.69) is 11.4 Å². The van der Waals surface area contributed by atoms with E-state index >= 15 is 0 Å². The summed E-state index contributed by atoms with van der Waals surface area (Å²) in [4.78, 5) is 53.1. The van der Waals surface area contributed by atoms with Gasteiger partial charge in [-0.15, -0.1) is 0 Å². The minimum atomic E-state index is -0.351. The number of nitrogens with one attached hydrogen (secondary N) is 1. The number of hydrogen-bond donors (Lipinski definition) is 2. The van der Waals surface area contributed by atoms with Crippen LogP contribution >= 0.6 is 0 Å². The molecule has 4 aromatic heterocycles. The highest BCUT2D eigenvalue weighted by Gasteiger charge is 2.30. The first kappa shape index (κ1) is 31.1. The maximum atomic E-state index is 13.7. The smallest absolute Gasteiger partial charge is 0.251 e. The van der Waals surface area contributed by atoms with E-state index in [1.807, 2.05) is 33.8 Å². The van der Waals surface area contributed by atoms with Crippen molar-refractivity contribution in [3.05, 3.63) is 100 Å². The lowest BCUT2D eigenvalue weighted by Gasteiger charge is -2.31. The Labute approximate surface area is 279 Å². The highest BCUT2D eigenvalue weighted by molar-refractivity contribution is 6.06. The zero-order valence-electron chi connectivity index (χ0n) is 28.2. The number of nitrogens with zero attached hydrogens (tertiary/aromatic N) is 4. The molecule has 252 valence electrons. The van der Waals surface area contributed by atoms with Gasteiger partial charge in [0.15, 0.2) is 11.5 Å². The lowest BCUT2D eigenvalue weighted by Crippen LogP contribution is -2.39. The van der Waals surface area contributed by atoms with Gasteiger partial charge in [-0.2, -0.15) is 0 Å². The summed E-state index contributed by atoms with van der Waals surface area (Å²) in [7, 11) is 1.71. The summed E-state index contributed by atoms with van der Waals surface area (Å²) in [6.45, 7) is 9.51. The number of aryl methyl sites for hydroxylation is 5. The summed E-state index contributed by atoms with van der Waals surface area (Å²) in [5.41, 5.74) is 11.4. The van der Waals surface area contributed by atoms with E-state index in [-0.39, 0.29) is 54.1 Å². The summed E-state index contributed by atoms with van der Waals surface area (Å²) in [6, 6.07) is 9.92. The molecule has 2 aliphatic heterocycles. The van der Waals surface area contributed by atoms with E-state index in [0.29, 0.717) is 53.2 Å². The molecule has 2 aromatic carbocycles. The molecule has 0 amide bonds. The van der Waals surface area contributed by atoms with Gasteiger partial charge in [0.2, 0.25) is 0 Å². The van der Waals surface area contributed by atoms with Crippen molar-refractivity contribution in [3.8, 4) is 11.5 Å². The first-order valence-electron chi connectivity index (χ1n) is 16.6. The van der Waals surface area contributed by atoms with Crippen molar-refractivity contribution in [2.75, 3.05) is 26.3 Å². The molecular formula is C37H38N6O6. The van der Waals surface area contributed by atoms with Crippen molar-refractivity contribution < 1.29 is 9.47 Å². The number of fused-ring (bicyclic) bond motifs is 4. The molecule has 6 aromatic rings. The van der Waals surface area contributed by atoms with E-state index in [4.69, 9.17) is 15.2 Å². The van der Waals surface area contributed by atoms with E-state index in [1.54, 1.807) is 49.6 Å². The van der Waals surface area contributed by atoms with Crippen molar-refractivity contribution in [1.82, 2.24) is 23.6 Å². The van der Waals surface area contributed by atoms with Crippen LogP contribution in [-0.4, -0.2) is 44.6 Å². The van der Waals surface area contributed by atoms with Crippen LogP contribution in [0.15, 0.2) is 55.6 Å². The van der Waals surface area contributed by atoms with Gasteiger partial charge < -0.3 is 29.7 Å². The third-order valence-electron chi connectivity index (χ3n) is 10.4. The fourth-order valence-electron chi connectivity index (χ4n) is 7.94. The summed E-state index contributed by atoms with van der Waals surface area (Å²) < 4.78 is 19.5. The highest BCUT2D eigenvalue weighted by atomic mass is 16.5. The molecule has 12 heteroatoms. The summed E-state index contributed by atoms with van der Waals surface area (Å²) >= 11 is 0. The van der Waals surface area contributed by atoms with Crippen LogP contribution in [0.25, 0.3) is 43.6 Å². The molecule has 8 rings (SSSR count). The summed E-state index contributed by atoms with van der Waals surface area (Å²) in [5, 5.41) is 7.02. The predicted molar refractivity (Wildman–Crippen MR) is 191 cm³/mol. The number of nitrogens with two attached hydrogens (primary N) is 1. The van der Waals surface area contributed by atoms with Gasteiger partial charge in [0.1, 0.15) is 13.2 Å². The van der Waals surface area contributed by atoms with E-state index in [1.165, 1.54) is 0 Å². The Kier molecular flexibility index (Phi) is 7.09. The SMILES string of the molecule is CCn1c(=O)cc(C)c2cc3c(C)cc(=O)n4c3c(c21)OCC4CNCc1cc(=O)n2c3c(c4c(cc13)c(C)cc(=O)n4C)OCC2CN. The van der Waals surface area contributed by atoms with Gasteiger partial charge in [-0.25, -0.2) is 0 Å². The van der Waals surface area contributed by atoms with Crippen LogP contribution in [0.4, 0.5) is 0 Å². The highest BCUT2D eigenvalue weighted by Crippen LogP contribution is 2.41. The molecule has 3 N–H and O–H groups in total. The number of pyridine rings is 4. The Morgan fingerprint density at radius 1 is 0.694 bits per heavy atom. The number of ether oxygens (including phenoxy) is 2. The van der Waals surface area contributed by atoms with Crippen LogP contribution in [0.3, 0.4) is 0 Å². The van der Waals surface area contributed by atoms with Crippen molar-refractivity contribution in [3.63, 3.8) is 0 Å². The molecule has 0 bridgehead atoms. The summed E-state index contributed by atoms with van der Waals surface area (Å²) in [5.74, 6) is 1.05. The molecule has 49 heavy (non-hydrogen) atoms. The standard InChI is InChI=1S/C37H38N6O6/c1-6-41-29(45)8-19(3)25-11-26-20(4)9-30(46)43-23(17-49-37(33(25)41)34(26)43)15-39-14-21-10-31(47)42-22(13-38)16-48-36-32-24(12-27(21)35(36)42)18(2)7-28(44)40(32)5/h7-12,22-23,39H,6,13-17,38H2,1-5H3. The monoisotopic (exact) mass is 662 g/mol. The van der Waals surface area contributed by atoms with E-state index < -0.39 is 0 Å². The maximum absolute atomic E-state index is 13.7. The van der Waals surface area contributed by atoms with Gasteiger partial charge in [0.25, 0.3) is 22.2 Å². The van der Waals surface area contributed by atoms with Crippen LogP contribution in [0.5, 0.6) is 11.5 Å². The van der Waals surface area contributed by atoms with Crippen molar-refractivity contribution in [2.45, 2.75) is 52.9 Å². The van der Waals surface area contributed by atoms with E-state index in [0.717, 1.165) is 43.8 Å². The van der Waals surface area contributed by atoms with Crippen LogP contribution in [0.2, 0.25) is 0 Å². The third kappa shape index (κ3) is 4.43. The van der Waals surface area contributed by atoms with Crippen LogP contribution < -0.4 is 42.8 Å². The molecule has 12 nitrogen and oxygen atoms in total. The topological polar surface area (TPSA) is 145 Å². The molecule has 2 atom stereocenters. The average Bonchev–Trinajstić information content (AvgIpc) is 3.07. The van der Waals surface area contributed by atoms with Gasteiger partial charge in [0.05, 0.1) is 34.2 Å². The van der Waals surface area contributed by atoms with Crippen molar-refractivity contribution in [2.24, 2.45) is 12.8 Å². The molecule has 0 saturated carbocycles. The molecule has 0 spiro atoms. The fraction of sp³-hybridized carbons (Fsp3) is 0.351. The Hall–Kier alpha value is -5.20. The van der Waals surface area contributed by atoms with Gasteiger partial charge in [-0.05, 0) is 62.1 Å². The molecule has 0 aliphatic carbocycles. The first-order valence-corrected chi connectivity index (χ1v) is 16.6. The zero-order chi connectivity index (χ0) is 34.5. The second-order valence-corrected chi connectivity index (χ2v) is 13.3. The van der Waals surface area contributed by atoms with Crippen molar-refractivity contribution in [1.29, 1.82) is 0 Å². The second kappa shape index (κ2) is 11.2. The molecule has 0 fully saturated rings. The fourth-order valence-corrected chi connectivity index (χ4v) is 7.94. The Morgan fingerprint density at radius 2 is 1.22 bits per heavy atom. The third-order valence-corrected chi connectivity index (χ3v) is 10.4. The van der Waals surface area contributed by atoms with Gasteiger partial charge in [0, 0.05) is 79.0 Å². The van der Waals surface area contributed by atoms with Gasteiger partial charge in [-0.1, -0.05) is 0 Å². The number of aromatic nitrogens is 4. The Morgan fingerprint density at radius 3 is 1.92 bits per heavy atom. The minimum absolute atomic E-state index is 0.109. The predicted octanol–water partition coefficient (Wildman–Crippen LogP) is 3.04. The van der Waals surface area contributed by atoms with E-state index in [9.17, 15) is 19.2 Å². The van der Waals surface area contributed by atoms with Crippen molar-refractivity contribution >= 4 is 43.6 Å². The lowest BCUT2D eigenvalue weighted by atomic mass is 9.99. The summed E-state index contributed by atoms with van der Waals surface area (Å²) in [6.07, 6.45) is 0. The second-order valence-electron chi connectivity index (χ2n) is 13.3. The first-order chi connectivity index (χ1) is 23.5. The molecular weight excluding hydrogens is 624 g/mol. The molecule has 2 aliphatic rings. The minimum Gasteiger partial charge on any atom is -0.487 e. The van der Waals surface area contributed by atoms with Crippen LogP contribution in [0, 0.1) is 20.8 Å². The van der Waals surface area contributed by atoms with Crippen LogP contribution in [-0.2, 0) is 20.1 Å². The molecule has 6 heterocycles. The van der Waals surface area contributed by atoms with Gasteiger partial charge >= 0.3 is 0 Å². The van der Waals surface area contributed by atoms with Crippen LogP contribution in [0.1, 0.15) is 41.3 Å². The lowest BCUT2D eigenvalue weighted by molar-refractivity contribution is 0.230. The zero-order valence-corrected chi connectivity index (χ0v) is 28.2. The molecule has 0 radical (unpaired) electrons. The maximum Gasteiger partial charge on any atom is 0.251 e. The average molecular weight is 663 g/mol. The molecule has 2 unspecified atom stereocenters. The largest absolute Gasteiger partial charge is 0.487 e. The number of rotatable bonds is 6. The normalized spacial score (nSPS) is 16.9. The molecule has 0 saturated heterocycles. The number of hydrogen-bond acceptors (Lipinski definition) is 8. The quantitative estimate of drug-likeness (QED) is 0.259.